The monoisotopic (exact) mass is 488 g/mol. The molecule has 35 heavy (non-hydrogen) atoms. The van der Waals surface area contributed by atoms with E-state index in [1.807, 2.05) is 0 Å². The van der Waals surface area contributed by atoms with Gasteiger partial charge in [-0.15, -0.1) is 0 Å². The lowest BCUT2D eigenvalue weighted by molar-refractivity contribution is -0.384. The highest BCUT2D eigenvalue weighted by atomic mass is 16.6. The zero-order valence-electron chi connectivity index (χ0n) is 21.5. The number of hydrogen-bond donors (Lipinski definition) is 1. The molecule has 0 aromatic heterocycles. The zero-order valence-corrected chi connectivity index (χ0v) is 21.5. The summed E-state index contributed by atoms with van der Waals surface area (Å²) in [5, 5.41) is 20.9. The topological polar surface area (TPSA) is 101 Å². The summed E-state index contributed by atoms with van der Waals surface area (Å²) in [7, 11) is 0. The summed E-state index contributed by atoms with van der Waals surface area (Å²) in [4.78, 5) is 36.3. The van der Waals surface area contributed by atoms with E-state index in [0.29, 0.717) is 6.42 Å². The van der Waals surface area contributed by atoms with Crippen LogP contribution < -0.4 is 4.90 Å². The summed E-state index contributed by atoms with van der Waals surface area (Å²) in [6, 6.07) is 3.43. The van der Waals surface area contributed by atoms with Gasteiger partial charge < -0.3 is 5.11 Å². The maximum Gasteiger partial charge on any atom is 0.273 e. The van der Waals surface area contributed by atoms with Crippen LogP contribution in [0.3, 0.4) is 0 Å². The van der Waals surface area contributed by atoms with E-state index < -0.39 is 10.7 Å². The molecule has 196 valence electrons. The van der Waals surface area contributed by atoms with Crippen molar-refractivity contribution in [2.24, 2.45) is 5.92 Å². The Hall–Kier alpha value is -2.44. The Balaban J connectivity index is 1.52. The Morgan fingerprint density at radius 2 is 1.34 bits per heavy atom. The van der Waals surface area contributed by atoms with Gasteiger partial charge >= 0.3 is 0 Å². The zero-order chi connectivity index (χ0) is 25.5. The molecule has 1 atom stereocenters. The minimum atomic E-state index is -0.628. The van der Waals surface area contributed by atoms with E-state index >= 15 is 0 Å². The van der Waals surface area contributed by atoms with Crippen molar-refractivity contribution in [2.45, 2.75) is 122 Å². The third-order valence-corrected chi connectivity index (χ3v) is 7.06. The highest BCUT2D eigenvalue weighted by Gasteiger charge is 2.40. The van der Waals surface area contributed by atoms with E-state index in [9.17, 15) is 24.8 Å². The lowest BCUT2D eigenvalue weighted by Crippen LogP contribution is -2.30. The van der Waals surface area contributed by atoms with Gasteiger partial charge in [-0.05, 0) is 12.5 Å². The van der Waals surface area contributed by atoms with Crippen LogP contribution in [0.5, 0.6) is 5.75 Å². The summed E-state index contributed by atoms with van der Waals surface area (Å²) in [5.74, 6) is -1.48. The van der Waals surface area contributed by atoms with Gasteiger partial charge in [-0.1, -0.05) is 110 Å². The molecular weight excluding hydrogens is 444 g/mol. The number of nitro groups is 1. The number of phenolic OH excluding ortho intramolecular Hbond substituents is 1. The largest absolute Gasteiger partial charge is 0.505 e. The number of non-ortho nitro benzene ring substituents is 1. The number of nitrogens with zero attached hydrogens (tertiary/aromatic N) is 2. The van der Waals surface area contributed by atoms with Crippen LogP contribution in [0.1, 0.15) is 122 Å². The Labute approximate surface area is 210 Å². The maximum absolute atomic E-state index is 12.7. The smallest absolute Gasteiger partial charge is 0.273 e. The number of carbonyl (C=O) groups is 2. The van der Waals surface area contributed by atoms with Crippen molar-refractivity contribution in [3.8, 4) is 5.75 Å². The highest BCUT2D eigenvalue weighted by Crippen LogP contribution is 2.36. The number of hydrogen-bond acceptors (Lipinski definition) is 5. The second kappa shape index (κ2) is 16.3. The third-order valence-electron chi connectivity index (χ3n) is 7.06. The highest BCUT2D eigenvalue weighted by molar-refractivity contribution is 6.21. The van der Waals surface area contributed by atoms with E-state index in [-0.39, 0.29) is 35.5 Å². The number of unbranched alkanes of at least 4 members (excludes halogenated alkanes) is 15. The summed E-state index contributed by atoms with van der Waals surface area (Å²) in [6.45, 7) is 2.26. The second-order valence-electron chi connectivity index (χ2n) is 9.99. The fraction of sp³-hybridized carbons (Fsp3) is 0.714. The molecule has 1 aromatic rings. The molecule has 1 aliphatic rings. The van der Waals surface area contributed by atoms with Crippen LogP contribution in [0, 0.1) is 16.0 Å². The van der Waals surface area contributed by atoms with Crippen molar-refractivity contribution in [1.82, 2.24) is 0 Å². The molecule has 0 bridgehead atoms. The number of aromatic hydroxyl groups is 1. The fourth-order valence-corrected chi connectivity index (χ4v) is 4.93. The Kier molecular flexibility index (Phi) is 13.4. The van der Waals surface area contributed by atoms with Gasteiger partial charge in [-0.3, -0.25) is 19.7 Å². The van der Waals surface area contributed by atoms with E-state index in [1.54, 1.807) is 0 Å². The van der Waals surface area contributed by atoms with Crippen LogP contribution in [-0.4, -0.2) is 21.8 Å². The molecular formula is C28H44N2O5. The van der Waals surface area contributed by atoms with Gasteiger partial charge in [-0.2, -0.15) is 0 Å². The van der Waals surface area contributed by atoms with Crippen LogP contribution in [0.15, 0.2) is 18.2 Å². The number of benzene rings is 1. The first-order valence-electron chi connectivity index (χ1n) is 13.8. The number of amides is 2. The molecule has 2 rings (SSSR count). The van der Waals surface area contributed by atoms with Crippen LogP contribution in [0.2, 0.25) is 0 Å². The van der Waals surface area contributed by atoms with Crippen molar-refractivity contribution >= 4 is 23.2 Å². The number of carbonyl (C=O) groups excluding carboxylic acids is 2. The first-order chi connectivity index (χ1) is 17.0. The molecule has 7 heteroatoms. The van der Waals surface area contributed by atoms with Gasteiger partial charge in [0.15, 0.2) is 0 Å². The minimum absolute atomic E-state index is 0.0278. The van der Waals surface area contributed by atoms with Crippen LogP contribution in [-0.2, 0) is 9.59 Å². The lowest BCUT2D eigenvalue weighted by atomic mass is 9.98. The molecule has 1 N–H and O–H groups in total. The van der Waals surface area contributed by atoms with Crippen LogP contribution in [0.4, 0.5) is 11.4 Å². The molecule has 0 aliphatic carbocycles. The average molecular weight is 489 g/mol. The second-order valence-corrected chi connectivity index (χ2v) is 9.99. The SMILES string of the molecule is CCCCCCCCCCCCCCCCCC[C@H]1CC(=O)N(c2ccc([N+](=O)[O-])cc2O)C1=O. The van der Waals surface area contributed by atoms with E-state index in [0.717, 1.165) is 30.2 Å². The Morgan fingerprint density at radius 3 is 1.80 bits per heavy atom. The van der Waals surface area contributed by atoms with Gasteiger partial charge in [-0.25, -0.2) is 4.90 Å². The average Bonchev–Trinajstić information content (AvgIpc) is 3.11. The molecule has 1 aromatic carbocycles. The van der Waals surface area contributed by atoms with Crippen molar-refractivity contribution in [1.29, 1.82) is 0 Å². The molecule has 1 heterocycles. The van der Waals surface area contributed by atoms with Crippen molar-refractivity contribution in [2.75, 3.05) is 4.90 Å². The number of imide groups is 1. The summed E-state index contributed by atoms with van der Waals surface area (Å²) < 4.78 is 0. The van der Waals surface area contributed by atoms with Gasteiger partial charge in [0.2, 0.25) is 11.8 Å². The van der Waals surface area contributed by atoms with Crippen molar-refractivity contribution in [3.05, 3.63) is 28.3 Å². The standard InChI is InChI=1S/C28H44N2O5/c1-2-3-4-5-6-7-8-9-10-11-12-13-14-15-16-17-18-23-21-27(32)29(28(23)33)25-20-19-24(30(34)35)22-26(25)31/h19-20,22-23,31H,2-18,21H2,1H3/t23-/m0/s1. The quantitative estimate of drug-likeness (QED) is 0.0925. The van der Waals surface area contributed by atoms with Crippen molar-refractivity contribution < 1.29 is 19.6 Å². The number of rotatable bonds is 19. The normalized spacial score (nSPS) is 15.8. The molecule has 7 nitrogen and oxygen atoms in total. The Morgan fingerprint density at radius 1 is 0.857 bits per heavy atom. The van der Waals surface area contributed by atoms with Crippen LogP contribution >= 0.6 is 0 Å². The molecule has 2 amide bonds. The van der Waals surface area contributed by atoms with Gasteiger partial charge in [0, 0.05) is 18.4 Å². The van der Waals surface area contributed by atoms with Gasteiger partial charge in [0.1, 0.15) is 5.75 Å². The third kappa shape index (κ3) is 9.98. The number of nitro benzene ring substituents is 1. The molecule has 0 unspecified atom stereocenters. The van der Waals surface area contributed by atoms with E-state index in [4.69, 9.17) is 0 Å². The molecule has 0 radical (unpaired) electrons. The predicted octanol–water partition coefficient (Wildman–Crippen LogP) is 7.83. The fourth-order valence-electron chi connectivity index (χ4n) is 4.93. The number of anilines is 1. The van der Waals surface area contributed by atoms with Crippen molar-refractivity contribution in [3.63, 3.8) is 0 Å². The minimum Gasteiger partial charge on any atom is -0.505 e. The first kappa shape index (κ1) is 28.8. The molecule has 1 saturated heterocycles. The number of phenols is 1. The predicted molar refractivity (Wildman–Crippen MR) is 140 cm³/mol. The molecule has 0 spiro atoms. The molecule has 1 aliphatic heterocycles. The summed E-state index contributed by atoms with van der Waals surface area (Å²) >= 11 is 0. The molecule has 0 saturated carbocycles. The van der Waals surface area contributed by atoms with Crippen LogP contribution in [0.25, 0.3) is 0 Å². The maximum atomic E-state index is 12.7. The van der Waals surface area contributed by atoms with Gasteiger partial charge in [0.25, 0.3) is 5.69 Å². The van der Waals surface area contributed by atoms with Gasteiger partial charge in [0.05, 0.1) is 16.7 Å². The lowest BCUT2D eigenvalue weighted by Gasteiger charge is -2.16. The first-order valence-corrected chi connectivity index (χ1v) is 13.8. The molecule has 1 fully saturated rings. The van der Waals surface area contributed by atoms with E-state index in [1.165, 1.54) is 95.6 Å². The van der Waals surface area contributed by atoms with E-state index in [2.05, 4.69) is 6.92 Å². The Bertz CT molecular complexity index is 811. The summed E-state index contributed by atoms with van der Waals surface area (Å²) in [5.41, 5.74) is -0.255. The summed E-state index contributed by atoms with van der Waals surface area (Å²) in [6.07, 6.45) is 21.4.